The van der Waals surface area contributed by atoms with E-state index in [-0.39, 0.29) is 4.75 Å². The predicted molar refractivity (Wildman–Crippen MR) is 79.1 cm³/mol. The third-order valence-electron chi connectivity index (χ3n) is 2.74. The van der Waals surface area contributed by atoms with Gasteiger partial charge in [-0.25, -0.2) is 0 Å². The third-order valence-corrected chi connectivity index (χ3v) is 3.01. The lowest BCUT2D eigenvalue weighted by Crippen LogP contribution is -2.11. The highest BCUT2D eigenvalue weighted by Gasteiger charge is 2.14. The normalized spacial score (nSPS) is 18.8. The van der Waals surface area contributed by atoms with Crippen molar-refractivity contribution in [1.29, 1.82) is 0 Å². The maximum atomic E-state index is 4.69. The molecule has 92 valence electrons. The summed E-state index contributed by atoms with van der Waals surface area (Å²) in [6.07, 6.45) is 9.61. The van der Waals surface area contributed by atoms with Crippen LogP contribution in [0.15, 0.2) is 36.5 Å². The minimum Gasteiger partial charge on any atom is -0.164 e. The zero-order valence-corrected chi connectivity index (χ0v) is 12.2. The van der Waals surface area contributed by atoms with E-state index in [0.717, 1.165) is 6.42 Å². The fourth-order valence-electron chi connectivity index (χ4n) is 1.53. The summed E-state index contributed by atoms with van der Waals surface area (Å²) in [5.74, 6) is 1.01. The van der Waals surface area contributed by atoms with Crippen molar-refractivity contribution in [3.8, 4) is 0 Å². The van der Waals surface area contributed by atoms with Gasteiger partial charge in [0.1, 0.15) is 0 Å². The lowest BCUT2D eigenvalue weighted by molar-refractivity contribution is 0.719. The molecule has 0 spiro atoms. The Balaban J connectivity index is 4.78. The number of allylic oxidation sites excluding steroid dienone is 3. The summed E-state index contributed by atoms with van der Waals surface area (Å²) < 4.78 is -0.160. The third kappa shape index (κ3) is 6.22. The van der Waals surface area contributed by atoms with Gasteiger partial charge in [0.2, 0.25) is 0 Å². The molecule has 0 bridgehead atoms. The Bertz CT molecular complexity index is 269. The van der Waals surface area contributed by atoms with E-state index in [1.54, 1.807) is 0 Å². The first-order chi connectivity index (χ1) is 7.32. The maximum absolute atomic E-state index is 4.69. The van der Waals surface area contributed by atoms with Crippen LogP contribution in [0.3, 0.4) is 0 Å². The van der Waals surface area contributed by atoms with Gasteiger partial charge in [-0.1, -0.05) is 57.6 Å². The van der Waals surface area contributed by atoms with Crippen LogP contribution in [0.25, 0.3) is 0 Å². The molecule has 0 aliphatic rings. The van der Waals surface area contributed by atoms with Crippen LogP contribution in [0.5, 0.6) is 0 Å². The first kappa shape index (κ1) is 15.6. The second kappa shape index (κ2) is 7.01. The van der Waals surface area contributed by atoms with Gasteiger partial charge in [0.05, 0.1) is 0 Å². The second-order valence-corrected chi connectivity index (χ2v) is 5.87. The molecule has 0 fully saturated rings. The van der Waals surface area contributed by atoms with Gasteiger partial charge in [0.15, 0.2) is 0 Å². The van der Waals surface area contributed by atoms with Crippen molar-refractivity contribution in [3.63, 3.8) is 0 Å². The molecule has 2 atom stereocenters. The molecule has 0 aromatic carbocycles. The molecule has 0 aliphatic carbocycles. The summed E-state index contributed by atoms with van der Waals surface area (Å²) in [5, 5.41) is 0. The van der Waals surface area contributed by atoms with Gasteiger partial charge in [-0.15, -0.1) is 6.58 Å². The highest BCUT2D eigenvalue weighted by Crippen LogP contribution is 2.25. The van der Waals surface area contributed by atoms with Crippen molar-refractivity contribution in [1.82, 2.24) is 0 Å². The largest absolute Gasteiger partial charge is 0.164 e. The molecule has 1 heteroatoms. The molecular weight excluding hydrogens is 212 g/mol. The van der Waals surface area contributed by atoms with Crippen LogP contribution in [0.4, 0.5) is 0 Å². The number of thiol groups is 1. The summed E-state index contributed by atoms with van der Waals surface area (Å²) in [7, 11) is 0. The predicted octanol–water partition coefficient (Wildman–Crippen LogP) is 5.05. The summed E-state index contributed by atoms with van der Waals surface area (Å²) in [6, 6.07) is 0. The molecule has 0 rings (SSSR count). The van der Waals surface area contributed by atoms with E-state index in [0.29, 0.717) is 11.8 Å². The van der Waals surface area contributed by atoms with E-state index in [4.69, 9.17) is 12.6 Å². The molecule has 0 aromatic heterocycles. The van der Waals surface area contributed by atoms with Crippen LogP contribution in [0, 0.1) is 11.8 Å². The Kier molecular flexibility index (Phi) is 6.82. The molecular formula is C15H26S. The summed E-state index contributed by atoms with van der Waals surface area (Å²) >= 11 is 4.69. The van der Waals surface area contributed by atoms with Crippen LogP contribution in [0.2, 0.25) is 0 Å². The molecule has 2 unspecified atom stereocenters. The van der Waals surface area contributed by atoms with E-state index in [1.165, 1.54) is 5.57 Å². The van der Waals surface area contributed by atoms with Gasteiger partial charge < -0.3 is 0 Å². The molecule has 0 saturated carbocycles. The van der Waals surface area contributed by atoms with Gasteiger partial charge in [0, 0.05) is 4.75 Å². The first-order valence-electron chi connectivity index (χ1n) is 6.08. The topological polar surface area (TPSA) is 0 Å². The van der Waals surface area contributed by atoms with Crippen LogP contribution in [0.1, 0.15) is 41.0 Å². The van der Waals surface area contributed by atoms with E-state index < -0.39 is 0 Å². The average Bonchev–Trinajstić information content (AvgIpc) is 2.22. The summed E-state index contributed by atoms with van der Waals surface area (Å²) in [4.78, 5) is 0. The monoisotopic (exact) mass is 238 g/mol. The van der Waals surface area contributed by atoms with E-state index in [9.17, 15) is 0 Å². The second-order valence-electron chi connectivity index (χ2n) is 4.91. The van der Waals surface area contributed by atoms with E-state index in [1.807, 2.05) is 6.08 Å². The SMILES string of the molecule is C=CC(C)/C=C\C(C)(S)/C=C(\CC)C(C)C. The summed E-state index contributed by atoms with van der Waals surface area (Å²) in [6.45, 7) is 14.7. The van der Waals surface area contributed by atoms with Crippen molar-refractivity contribution in [3.05, 3.63) is 36.5 Å². The Morgan fingerprint density at radius 3 is 2.31 bits per heavy atom. The highest BCUT2D eigenvalue weighted by atomic mass is 32.1. The fraction of sp³-hybridized carbons (Fsp3) is 0.600. The molecule has 16 heavy (non-hydrogen) atoms. The minimum absolute atomic E-state index is 0.160. The minimum atomic E-state index is -0.160. The van der Waals surface area contributed by atoms with Crippen LogP contribution in [-0.4, -0.2) is 4.75 Å². The van der Waals surface area contributed by atoms with Gasteiger partial charge in [-0.3, -0.25) is 0 Å². The van der Waals surface area contributed by atoms with Gasteiger partial charge in [-0.05, 0) is 25.2 Å². The zero-order chi connectivity index (χ0) is 12.8. The average molecular weight is 238 g/mol. The van der Waals surface area contributed by atoms with Crippen molar-refractivity contribution in [2.75, 3.05) is 0 Å². The van der Waals surface area contributed by atoms with E-state index in [2.05, 4.69) is 59.4 Å². The summed E-state index contributed by atoms with van der Waals surface area (Å²) in [5.41, 5.74) is 1.47. The van der Waals surface area contributed by atoms with Crippen molar-refractivity contribution >= 4 is 12.6 Å². The Hall–Kier alpha value is -0.430. The molecule has 0 N–H and O–H groups in total. The zero-order valence-electron chi connectivity index (χ0n) is 11.3. The molecule has 0 radical (unpaired) electrons. The quantitative estimate of drug-likeness (QED) is 0.486. The smallest absolute Gasteiger partial charge is 0.0463 e. The number of hydrogen-bond acceptors (Lipinski definition) is 1. The van der Waals surface area contributed by atoms with Gasteiger partial charge >= 0.3 is 0 Å². The van der Waals surface area contributed by atoms with Crippen molar-refractivity contribution in [2.45, 2.75) is 45.8 Å². The lowest BCUT2D eigenvalue weighted by atomic mass is 9.95. The highest BCUT2D eigenvalue weighted by molar-refractivity contribution is 7.82. The molecule has 0 aliphatic heterocycles. The Morgan fingerprint density at radius 1 is 1.38 bits per heavy atom. The molecule has 0 saturated heterocycles. The number of hydrogen-bond donors (Lipinski definition) is 1. The maximum Gasteiger partial charge on any atom is 0.0463 e. The van der Waals surface area contributed by atoms with Crippen molar-refractivity contribution in [2.24, 2.45) is 11.8 Å². The lowest BCUT2D eigenvalue weighted by Gasteiger charge is -2.19. The molecule has 0 amide bonds. The van der Waals surface area contributed by atoms with Crippen LogP contribution >= 0.6 is 12.6 Å². The van der Waals surface area contributed by atoms with Gasteiger partial charge in [0.25, 0.3) is 0 Å². The fourth-order valence-corrected chi connectivity index (χ4v) is 1.78. The first-order valence-corrected chi connectivity index (χ1v) is 6.53. The molecule has 0 nitrogen and oxygen atoms in total. The standard InChI is InChI=1S/C15H26S/c1-7-13(5)9-10-15(6,16)11-14(8-2)12(3)4/h7,9-13,16H,1,8H2,2-6H3/b10-9-,14-11+. The Labute approximate surface area is 107 Å². The van der Waals surface area contributed by atoms with E-state index >= 15 is 0 Å². The van der Waals surface area contributed by atoms with Gasteiger partial charge in [-0.2, -0.15) is 12.6 Å². The van der Waals surface area contributed by atoms with Crippen LogP contribution in [-0.2, 0) is 0 Å². The molecule has 0 heterocycles. The number of rotatable bonds is 6. The van der Waals surface area contributed by atoms with Crippen LogP contribution < -0.4 is 0 Å². The molecule has 0 aromatic rings. The van der Waals surface area contributed by atoms with Crippen molar-refractivity contribution < 1.29 is 0 Å². The Morgan fingerprint density at radius 2 is 1.94 bits per heavy atom.